The molecule has 0 bridgehead atoms. The lowest BCUT2D eigenvalue weighted by molar-refractivity contribution is 0.407. The van der Waals surface area contributed by atoms with Crippen LogP contribution in [-0.2, 0) is 0 Å². The molecule has 0 radical (unpaired) electrons. The highest BCUT2D eigenvalue weighted by atomic mass is 35.5. The Morgan fingerprint density at radius 1 is 1.22 bits per heavy atom. The maximum atomic E-state index is 6.44. The molecule has 1 N–H and O–H groups in total. The molecule has 1 aliphatic heterocycles. The summed E-state index contributed by atoms with van der Waals surface area (Å²) in [6.07, 6.45) is 0. The molecule has 0 aliphatic carbocycles. The minimum Gasteiger partial charge on any atom is -0.367 e. The van der Waals surface area contributed by atoms with Crippen molar-refractivity contribution in [1.29, 1.82) is 0 Å². The lowest BCUT2D eigenvalue weighted by atomic mass is 10.0. The molecule has 1 fully saturated rings. The Kier molecular flexibility index (Phi) is 4.18. The molecule has 0 unspecified atom stereocenters. The fourth-order valence-corrected chi connectivity index (χ4v) is 2.97. The van der Waals surface area contributed by atoms with Crippen LogP contribution < -0.4 is 10.2 Å². The van der Waals surface area contributed by atoms with Gasteiger partial charge in [0.25, 0.3) is 0 Å². The Labute approximate surface area is 115 Å². The molecule has 0 saturated carbocycles. The van der Waals surface area contributed by atoms with Crippen LogP contribution in [0.25, 0.3) is 0 Å². The third-order valence-corrected chi connectivity index (χ3v) is 3.84. The Morgan fingerprint density at radius 2 is 1.83 bits per heavy atom. The maximum absolute atomic E-state index is 6.44. The molecule has 1 saturated heterocycles. The molecular weight excluding hydrogens is 244 g/mol. The molecule has 0 aromatic heterocycles. The van der Waals surface area contributed by atoms with E-state index < -0.39 is 0 Å². The van der Waals surface area contributed by atoms with Gasteiger partial charge < -0.3 is 10.2 Å². The fraction of sp³-hybridized carbons (Fsp3) is 0.600. The zero-order valence-electron chi connectivity index (χ0n) is 11.7. The highest BCUT2D eigenvalue weighted by Gasteiger charge is 2.22. The van der Waals surface area contributed by atoms with Crippen molar-refractivity contribution in [1.82, 2.24) is 5.32 Å². The van der Waals surface area contributed by atoms with Gasteiger partial charge >= 0.3 is 0 Å². The lowest BCUT2D eigenvalue weighted by Gasteiger charge is -2.38. The van der Waals surface area contributed by atoms with Crippen molar-refractivity contribution < 1.29 is 0 Å². The third kappa shape index (κ3) is 2.99. The van der Waals surface area contributed by atoms with Crippen LogP contribution in [0.1, 0.15) is 39.2 Å². The van der Waals surface area contributed by atoms with Gasteiger partial charge in [0.1, 0.15) is 0 Å². The number of hydrogen-bond donors (Lipinski definition) is 1. The molecule has 1 heterocycles. The van der Waals surface area contributed by atoms with Crippen molar-refractivity contribution in [2.75, 3.05) is 18.0 Å². The van der Waals surface area contributed by atoms with Crippen LogP contribution in [0.15, 0.2) is 18.2 Å². The van der Waals surface area contributed by atoms with Gasteiger partial charge in [-0.05, 0) is 37.5 Å². The van der Waals surface area contributed by atoms with E-state index in [4.69, 9.17) is 11.6 Å². The summed E-state index contributed by atoms with van der Waals surface area (Å²) >= 11 is 6.44. The van der Waals surface area contributed by atoms with Crippen LogP contribution in [-0.4, -0.2) is 25.2 Å². The Bertz CT molecular complexity index is 407. The monoisotopic (exact) mass is 266 g/mol. The molecule has 100 valence electrons. The van der Waals surface area contributed by atoms with Gasteiger partial charge in [0.2, 0.25) is 0 Å². The molecular formula is C15H23ClN2. The first kappa shape index (κ1) is 13.7. The summed E-state index contributed by atoms with van der Waals surface area (Å²) in [6.45, 7) is 10.9. The van der Waals surface area contributed by atoms with Crippen LogP contribution in [0.4, 0.5) is 5.69 Å². The number of halogens is 1. The first-order chi connectivity index (χ1) is 8.47. The van der Waals surface area contributed by atoms with Crippen LogP contribution >= 0.6 is 11.6 Å². The summed E-state index contributed by atoms with van der Waals surface area (Å²) in [5, 5.41) is 4.42. The number of benzene rings is 1. The predicted molar refractivity (Wildman–Crippen MR) is 79.8 cm³/mol. The van der Waals surface area contributed by atoms with Crippen LogP contribution in [0.5, 0.6) is 0 Å². The summed E-state index contributed by atoms with van der Waals surface area (Å²) in [6, 6.07) is 7.49. The number of nitrogens with zero attached hydrogens (tertiary/aromatic N) is 1. The average molecular weight is 267 g/mol. The Hall–Kier alpha value is -0.730. The van der Waals surface area contributed by atoms with Gasteiger partial charge in [-0.2, -0.15) is 0 Å². The van der Waals surface area contributed by atoms with E-state index in [0.717, 1.165) is 18.1 Å². The van der Waals surface area contributed by atoms with Gasteiger partial charge in [-0.15, -0.1) is 0 Å². The second-order valence-corrected chi connectivity index (χ2v) is 6.15. The van der Waals surface area contributed by atoms with Crippen LogP contribution in [0.2, 0.25) is 5.02 Å². The predicted octanol–water partition coefficient (Wildman–Crippen LogP) is 3.65. The van der Waals surface area contributed by atoms with Gasteiger partial charge in [0.15, 0.2) is 0 Å². The van der Waals surface area contributed by atoms with E-state index in [1.807, 2.05) is 0 Å². The molecule has 18 heavy (non-hydrogen) atoms. The van der Waals surface area contributed by atoms with Gasteiger partial charge in [-0.25, -0.2) is 0 Å². The minimum atomic E-state index is 0.509. The van der Waals surface area contributed by atoms with E-state index in [0.29, 0.717) is 18.0 Å². The van der Waals surface area contributed by atoms with Crippen molar-refractivity contribution in [2.24, 2.45) is 0 Å². The molecule has 2 rings (SSSR count). The van der Waals surface area contributed by atoms with Gasteiger partial charge in [0.05, 0.1) is 10.7 Å². The van der Waals surface area contributed by atoms with Crippen molar-refractivity contribution in [3.63, 3.8) is 0 Å². The van der Waals surface area contributed by atoms with Crippen molar-refractivity contribution in [3.05, 3.63) is 28.8 Å². The average Bonchev–Trinajstić information content (AvgIpc) is 2.27. The van der Waals surface area contributed by atoms with E-state index in [1.165, 1.54) is 11.3 Å². The molecule has 2 atom stereocenters. The zero-order chi connectivity index (χ0) is 13.3. The number of anilines is 1. The standard InChI is InChI=1S/C15H23ClN2/c1-10(2)13-5-6-15(14(16)7-13)18-8-11(3)17-12(4)9-18/h5-7,10-12,17H,8-9H2,1-4H3/t11-,12+. The summed E-state index contributed by atoms with van der Waals surface area (Å²) in [4.78, 5) is 2.39. The summed E-state index contributed by atoms with van der Waals surface area (Å²) in [7, 11) is 0. The lowest BCUT2D eigenvalue weighted by Crippen LogP contribution is -2.54. The summed E-state index contributed by atoms with van der Waals surface area (Å²) < 4.78 is 0. The van der Waals surface area contributed by atoms with Crippen LogP contribution in [0, 0.1) is 0 Å². The topological polar surface area (TPSA) is 15.3 Å². The normalized spacial score (nSPS) is 24.7. The SMILES string of the molecule is CC(C)c1ccc(N2C[C@@H](C)N[C@@H](C)C2)c(Cl)c1. The largest absolute Gasteiger partial charge is 0.367 e. The molecule has 1 aromatic carbocycles. The van der Waals surface area contributed by atoms with Gasteiger partial charge in [-0.3, -0.25) is 0 Å². The van der Waals surface area contributed by atoms with Crippen molar-refractivity contribution in [3.8, 4) is 0 Å². The van der Waals surface area contributed by atoms with Crippen molar-refractivity contribution in [2.45, 2.75) is 45.7 Å². The molecule has 0 amide bonds. The second kappa shape index (κ2) is 5.50. The van der Waals surface area contributed by atoms with E-state index in [-0.39, 0.29) is 0 Å². The molecule has 2 nitrogen and oxygen atoms in total. The first-order valence-corrected chi connectivity index (χ1v) is 7.15. The first-order valence-electron chi connectivity index (χ1n) is 6.78. The number of hydrogen-bond acceptors (Lipinski definition) is 2. The van der Waals surface area contributed by atoms with Crippen molar-refractivity contribution >= 4 is 17.3 Å². The highest BCUT2D eigenvalue weighted by Crippen LogP contribution is 2.30. The van der Waals surface area contributed by atoms with Crippen LogP contribution in [0.3, 0.4) is 0 Å². The van der Waals surface area contributed by atoms with Gasteiger partial charge in [0, 0.05) is 25.2 Å². The summed E-state index contributed by atoms with van der Waals surface area (Å²) in [5.74, 6) is 0.525. The zero-order valence-corrected chi connectivity index (χ0v) is 12.5. The Morgan fingerprint density at radius 3 is 2.33 bits per heavy atom. The third-order valence-electron chi connectivity index (χ3n) is 3.54. The molecule has 1 aliphatic rings. The maximum Gasteiger partial charge on any atom is 0.0642 e. The smallest absolute Gasteiger partial charge is 0.0642 e. The number of piperazine rings is 1. The Balaban J connectivity index is 2.22. The number of nitrogens with one attached hydrogen (secondary N) is 1. The fourth-order valence-electron chi connectivity index (χ4n) is 2.66. The van der Waals surface area contributed by atoms with E-state index >= 15 is 0 Å². The second-order valence-electron chi connectivity index (χ2n) is 5.74. The summed E-state index contributed by atoms with van der Waals surface area (Å²) in [5.41, 5.74) is 2.47. The van der Waals surface area contributed by atoms with Gasteiger partial charge in [-0.1, -0.05) is 31.5 Å². The van der Waals surface area contributed by atoms with E-state index in [1.54, 1.807) is 0 Å². The molecule has 0 spiro atoms. The molecule has 1 aromatic rings. The number of rotatable bonds is 2. The minimum absolute atomic E-state index is 0.509. The van der Waals surface area contributed by atoms with E-state index in [9.17, 15) is 0 Å². The quantitative estimate of drug-likeness (QED) is 0.879. The van der Waals surface area contributed by atoms with E-state index in [2.05, 4.69) is 56.1 Å². The molecule has 3 heteroatoms. The highest BCUT2D eigenvalue weighted by molar-refractivity contribution is 6.33.